The van der Waals surface area contributed by atoms with Crippen LogP contribution in [0.5, 0.6) is 0 Å². The van der Waals surface area contributed by atoms with E-state index in [9.17, 15) is 0 Å². The van der Waals surface area contributed by atoms with Gasteiger partial charge in [0.15, 0.2) is 0 Å². The zero-order valence-electron chi connectivity index (χ0n) is 8.49. The van der Waals surface area contributed by atoms with Crippen molar-refractivity contribution >= 4 is 17.4 Å². The number of nitrogens with two attached hydrogens (primary N) is 1. The van der Waals surface area contributed by atoms with E-state index in [2.05, 4.69) is 15.3 Å². The average Bonchev–Trinajstić information content (AvgIpc) is 2.22. The molecule has 1 heterocycles. The maximum absolute atomic E-state index is 6.03. The van der Waals surface area contributed by atoms with Crippen LogP contribution in [0.4, 0.5) is 5.82 Å². The lowest BCUT2D eigenvalue weighted by Gasteiger charge is -2.29. The monoisotopic (exact) mass is 226 g/mol. The summed E-state index contributed by atoms with van der Waals surface area (Å²) < 4.78 is 0. The van der Waals surface area contributed by atoms with Gasteiger partial charge < -0.3 is 11.1 Å². The van der Waals surface area contributed by atoms with E-state index in [4.69, 9.17) is 17.3 Å². The Labute approximate surface area is 94.2 Å². The highest BCUT2D eigenvalue weighted by Crippen LogP contribution is 2.20. The molecule has 1 fully saturated rings. The van der Waals surface area contributed by atoms with Crippen molar-refractivity contribution in [1.29, 1.82) is 0 Å². The summed E-state index contributed by atoms with van der Waals surface area (Å²) in [5.74, 6) is 0.761. The molecular weight excluding hydrogens is 212 g/mol. The molecule has 2 atom stereocenters. The summed E-state index contributed by atoms with van der Waals surface area (Å²) >= 11 is 5.78. The van der Waals surface area contributed by atoms with Crippen molar-refractivity contribution in [1.82, 2.24) is 9.97 Å². The van der Waals surface area contributed by atoms with Crippen molar-refractivity contribution in [3.63, 3.8) is 0 Å². The SMILES string of the molecule is N[C@H]1CCCC[C@@H]1Nc1cc(Cl)ncn1. The van der Waals surface area contributed by atoms with E-state index in [1.165, 1.54) is 19.2 Å². The van der Waals surface area contributed by atoms with Crippen molar-refractivity contribution in [3.8, 4) is 0 Å². The van der Waals surface area contributed by atoms with Gasteiger partial charge in [-0.05, 0) is 12.8 Å². The zero-order chi connectivity index (χ0) is 10.7. The van der Waals surface area contributed by atoms with Crippen LogP contribution in [0.3, 0.4) is 0 Å². The van der Waals surface area contributed by atoms with E-state index in [1.807, 2.05) is 0 Å². The molecule has 0 amide bonds. The Morgan fingerprint density at radius 1 is 1.33 bits per heavy atom. The van der Waals surface area contributed by atoms with Crippen LogP contribution >= 0.6 is 11.6 Å². The summed E-state index contributed by atoms with van der Waals surface area (Å²) in [6, 6.07) is 2.25. The number of rotatable bonds is 2. The Morgan fingerprint density at radius 2 is 2.13 bits per heavy atom. The molecule has 1 saturated carbocycles. The fourth-order valence-electron chi connectivity index (χ4n) is 1.94. The third-order valence-corrected chi connectivity index (χ3v) is 2.99. The minimum absolute atomic E-state index is 0.215. The predicted octanol–water partition coefficient (Wildman–Crippen LogP) is 1.81. The van der Waals surface area contributed by atoms with Crippen LogP contribution in [0.1, 0.15) is 25.7 Å². The highest BCUT2D eigenvalue weighted by atomic mass is 35.5. The van der Waals surface area contributed by atoms with Gasteiger partial charge in [0, 0.05) is 18.2 Å². The molecule has 1 aromatic heterocycles. The van der Waals surface area contributed by atoms with Crippen molar-refractivity contribution < 1.29 is 0 Å². The van der Waals surface area contributed by atoms with Crippen molar-refractivity contribution in [3.05, 3.63) is 17.5 Å². The second-order valence-electron chi connectivity index (χ2n) is 3.93. The largest absolute Gasteiger partial charge is 0.366 e. The van der Waals surface area contributed by atoms with Gasteiger partial charge in [-0.2, -0.15) is 0 Å². The third kappa shape index (κ3) is 2.79. The van der Waals surface area contributed by atoms with Crippen LogP contribution in [0.2, 0.25) is 5.15 Å². The van der Waals surface area contributed by atoms with Gasteiger partial charge in [-0.15, -0.1) is 0 Å². The average molecular weight is 227 g/mol. The van der Waals surface area contributed by atoms with Gasteiger partial charge in [-0.25, -0.2) is 9.97 Å². The van der Waals surface area contributed by atoms with Crippen LogP contribution in [-0.2, 0) is 0 Å². The fraction of sp³-hybridized carbons (Fsp3) is 0.600. The smallest absolute Gasteiger partial charge is 0.134 e. The van der Waals surface area contributed by atoms with Gasteiger partial charge in [-0.1, -0.05) is 24.4 Å². The first-order valence-electron chi connectivity index (χ1n) is 5.25. The molecule has 5 heteroatoms. The third-order valence-electron chi connectivity index (χ3n) is 2.79. The van der Waals surface area contributed by atoms with Crippen LogP contribution in [-0.4, -0.2) is 22.1 Å². The first-order valence-corrected chi connectivity index (χ1v) is 5.63. The van der Waals surface area contributed by atoms with Gasteiger partial charge in [0.05, 0.1) is 0 Å². The number of anilines is 1. The molecule has 0 aliphatic heterocycles. The molecule has 1 aromatic rings. The Morgan fingerprint density at radius 3 is 2.87 bits per heavy atom. The second-order valence-corrected chi connectivity index (χ2v) is 4.31. The summed E-state index contributed by atoms with van der Waals surface area (Å²) in [5, 5.41) is 3.77. The van der Waals surface area contributed by atoms with Gasteiger partial charge in [0.25, 0.3) is 0 Å². The molecule has 1 aliphatic rings. The molecule has 82 valence electrons. The van der Waals surface area contributed by atoms with E-state index < -0.39 is 0 Å². The highest BCUT2D eigenvalue weighted by Gasteiger charge is 2.21. The summed E-state index contributed by atoms with van der Waals surface area (Å²) in [7, 11) is 0. The lowest BCUT2D eigenvalue weighted by molar-refractivity contribution is 0.403. The Bertz CT molecular complexity index is 331. The molecule has 0 unspecified atom stereocenters. The summed E-state index contributed by atoms with van der Waals surface area (Å²) in [5.41, 5.74) is 6.03. The van der Waals surface area contributed by atoms with Gasteiger partial charge >= 0.3 is 0 Å². The maximum Gasteiger partial charge on any atom is 0.134 e. The number of nitrogens with zero attached hydrogens (tertiary/aromatic N) is 2. The molecule has 0 spiro atoms. The van der Waals surface area contributed by atoms with Crippen LogP contribution in [0.15, 0.2) is 12.4 Å². The van der Waals surface area contributed by atoms with E-state index in [0.29, 0.717) is 11.2 Å². The highest BCUT2D eigenvalue weighted by molar-refractivity contribution is 6.29. The van der Waals surface area contributed by atoms with Crippen molar-refractivity contribution in [2.75, 3.05) is 5.32 Å². The minimum Gasteiger partial charge on any atom is -0.366 e. The number of hydrogen-bond acceptors (Lipinski definition) is 4. The summed E-state index contributed by atoms with van der Waals surface area (Å²) in [6.45, 7) is 0. The Balaban J connectivity index is 2.01. The normalized spacial score (nSPS) is 26.3. The summed E-state index contributed by atoms with van der Waals surface area (Å²) in [6.07, 6.45) is 6.09. The van der Waals surface area contributed by atoms with Crippen molar-refractivity contribution in [2.45, 2.75) is 37.8 Å². The predicted molar refractivity (Wildman–Crippen MR) is 60.9 cm³/mol. The fourth-order valence-corrected chi connectivity index (χ4v) is 2.09. The topological polar surface area (TPSA) is 63.8 Å². The van der Waals surface area contributed by atoms with Crippen molar-refractivity contribution in [2.24, 2.45) is 5.73 Å². The maximum atomic E-state index is 6.03. The first-order chi connectivity index (χ1) is 7.25. The number of halogens is 1. The van der Waals surface area contributed by atoms with Crippen LogP contribution in [0.25, 0.3) is 0 Å². The lowest BCUT2D eigenvalue weighted by Crippen LogP contribution is -2.42. The molecule has 2 rings (SSSR count). The molecule has 15 heavy (non-hydrogen) atoms. The van der Waals surface area contributed by atoms with Crippen LogP contribution in [0, 0.1) is 0 Å². The molecule has 0 radical (unpaired) electrons. The molecular formula is C10H15ClN4. The minimum atomic E-state index is 0.215. The van der Waals surface area contributed by atoms with Gasteiger partial charge in [0.2, 0.25) is 0 Å². The zero-order valence-corrected chi connectivity index (χ0v) is 9.24. The molecule has 0 aromatic carbocycles. The molecule has 0 saturated heterocycles. The van der Waals surface area contributed by atoms with E-state index >= 15 is 0 Å². The number of nitrogens with one attached hydrogen (secondary N) is 1. The van der Waals surface area contributed by atoms with Gasteiger partial charge in [0.1, 0.15) is 17.3 Å². The lowest BCUT2D eigenvalue weighted by atomic mass is 9.91. The van der Waals surface area contributed by atoms with Crippen LogP contribution < -0.4 is 11.1 Å². The van der Waals surface area contributed by atoms with E-state index in [0.717, 1.165) is 18.7 Å². The Kier molecular flexibility index (Phi) is 3.38. The molecule has 1 aliphatic carbocycles. The Hall–Kier alpha value is -0.870. The molecule has 3 N–H and O–H groups in total. The first kappa shape index (κ1) is 10.6. The molecule has 4 nitrogen and oxygen atoms in total. The number of aromatic nitrogens is 2. The standard InChI is InChI=1S/C10H15ClN4/c11-9-5-10(14-6-13-9)15-8-4-2-1-3-7(8)12/h5-8H,1-4,12H2,(H,13,14,15)/t7-,8-/m0/s1. The van der Waals surface area contributed by atoms with Gasteiger partial charge in [-0.3, -0.25) is 0 Å². The summed E-state index contributed by atoms with van der Waals surface area (Å²) in [4.78, 5) is 7.94. The number of hydrogen-bond donors (Lipinski definition) is 2. The quantitative estimate of drug-likeness (QED) is 0.755. The van der Waals surface area contributed by atoms with E-state index in [1.54, 1.807) is 6.07 Å². The second kappa shape index (κ2) is 4.77. The molecule has 0 bridgehead atoms. The van der Waals surface area contributed by atoms with E-state index in [-0.39, 0.29) is 6.04 Å².